The minimum absolute atomic E-state index is 0.0611. The van der Waals surface area contributed by atoms with E-state index in [0.717, 1.165) is 11.3 Å². The first-order valence-electron chi connectivity index (χ1n) is 7.00. The lowest BCUT2D eigenvalue weighted by molar-refractivity contribution is 0.234. The molecule has 0 fully saturated rings. The third-order valence-electron chi connectivity index (χ3n) is 2.76. The van der Waals surface area contributed by atoms with Crippen LogP contribution in [0.2, 0.25) is 0 Å². The Labute approximate surface area is 129 Å². The Morgan fingerprint density at radius 1 is 1.14 bits per heavy atom. The van der Waals surface area contributed by atoms with E-state index in [-0.39, 0.29) is 12.8 Å². The van der Waals surface area contributed by atoms with E-state index in [1.807, 2.05) is 32.0 Å². The van der Waals surface area contributed by atoms with Gasteiger partial charge in [0.15, 0.2) is 6.73 Å². The van der Waals surface area contributed by atoms with Crippen molar-refractivity contribution >= 4 is 11.8 Å². The molecule has 1 aromatic heterocycles. The number of nitrogens with one attached hydrogen (secondary N) is 2. The summed E-state index contributed by atoms with van der Waals surface area (Å²) in [6, 6.07) is 10.5. The van der Waals surface area contributed by atoms with Crippen molar-refractivity contribution in [3.63, 3.8) is 0 Å². The van der Waals surface area contributed by atoms with Crippen LogP contribution in [-0.4, -0.2) is 24.4 Å². The van der Waals surface area contributed by atoms with E-state index in [4.69, 9.17) is 9.47 Å². The van der Waals surface area contributed by atoms with Gasteiger partial charge in [-0.15, -0.1) is 0 Å². The van der Waals surface area contributed by atoms with Crippen LogP contribution in [0.15, 0.2) is 42.6 Å². The smallest absolute Gasteiger partial charge is 0.323 e. The molecule has 1 heterocycles. The van der Waals surface area contributed by atoms with Crippen molar-refractivity contribution in [1.29, 1.82) is 0 Å². The summed E-state index contributed by atoms with van der Waals surface area (Å²) < 4.78 is 10.8. The van der Waals surface area contributed by atoms with Gasteiger partial charge in [0.2, 0.25) is 0 Å². The molecule has 0 spiro atoms. The third-order valence-corrected chi connectivity index (χ3v) is 2.76. The molecule has 6 heteroatoms. The van der Waals surface area contributed by atoms with Gasteiger partial charge in [-0.25, -0.2) is 9.78 Å². The van der Waals surface area contributed by atoms with Crippen molar-refractivity contribution in [3.8, 4) is 11.5 Å². The fourth-order valence-corrected chi connectivity index (χ4v) is 1.75. The van der Waals surface area contributed by atoms with E-state index >= 15 is 0 Å². The Kier molecular flexibility index (Phi) is 5.59. The summed E-state index contributed by atoms with van der Waals surface area (Å²) in [5.41, 5.74) is 1.02. The summed E-state index contributed by atoms with van der Waals surface area (Å²) in [5.74, 6) is 1.93. The molecule has 2 N–H and O–H groups in total. The van der Waals surface area contributed by atoms with E-state index in [2.05, 4.69) is 15.6 Å². The SMILES string of the molecule is CCOc1ccc(OCNC(=O)Nc2cc(C)ccn2)cc1. The normalized spacial score (nSPS) is 9.91. The number of amides is 2. The Bertz CT molecular complexity index is 614. The summed E-state index contributed by atoms with van der Waals surface area (Å²) in [5, 5.41) is 5.23. The van der Waals surface area contributed by atoms with Gasteiger partial charge in [0, 0.05) is 6.20 Å². The van der Waals surface area contributed by atoms with E-state index < -0.39 is 0 Å². The average molecular weight is 301 g/mol. The fourth-order valence-electron chi connectivity index (χ4n) is 1.75. The predicted molar refractivity (Wildman–Crippen MR) is 84.2 cm³/mol. The van der Waals surface area contributed by atoms with Crippen molar-refractivity contribution in [1.82, 2.24) is 10.3 Å². The van der Waals surface area contributed by atoms with Gasteiger partial charge in [-0.05, 0) is 55.8 Å². The molecule has 0 atom stereocenters. The van der Waals surface area contributed by atoms with Gasteiger partial charge < -0.3 is 14.8 Å². The van der Waals surface area contributed by atoms with Crippen molar-refractivity contribution in [2.45, 2.75) is 13.8 Å². The zero-order valence-electron chi connectivity index (χ0n) is 12.6. The van der Waals surface area contributed by atoms with Crippen LogP contribution in [0.1, 0.15) is 12.5 Å². The second-order valence-corrected chi connectivity index (χ2v) is 4.54. The number of carbonyl (C=O) groups is 1. The van der Waals surface area contributed by atoms with Gasteiger partial charge in [-0.1, -0.05) is 0 Å². The van der Waals surface area contributed by atoms with Gasteiger partial charge >= 0.3 is 6.03 Å². The molecule has 6 nitrogen and oxygen atoms in total. The first-order chi connectivity index (χ1) is 10.7. The number of ether oxygens (including phenoxy) is 2. The number of aryl methyl sites for hydroxylation is 1. The lowest BCUT2D eigenvalue weighted by atomic mass is 10.3. The monoisotopic (exact) mass is 301 g/mol. The number of hydrogen-bond donors (Lipinski definition) is 2. The lowest BCUT2D eigenvalue weighted by Crippen LogP contribution is -2.32. The Morgan fingerprint density at radius 2 is 1.82 bits per heavy atom. The summed E-state index contributed by atoms with van der Waals surface area (Å²) in [6.07, 6.45) is 1.64. The number of anilines is 1. The number of nitrogens with zero attached hydrogens (tertiary/aromatic N) is 1. The zero-order valence-corrected chi connectivity index (χ0v) is 12.6. The van der Waals surface area contributed by atoms with Crippen LogP contribution in [0.5, 0.6) is 11.5 Å². The first-order valence-corrected chi connectivity index (χ1v) is 7.00. The standard InChI is InChI=1S/C16H19N3O3/c1-3-21-13-4-6-14(7-5-13)22-11-18-16(20)19-15-10-12(2)8-9-17-15/h4-10H,3,11H2,1-2H3,(H2,17,18,19,20). The molecule has 2 amide bonds. The van der Waals surface area contributed by atoms with Crippen LogP contribution in [0.4, 0.5) is 10.6 Å². The topological polar surface area (TPSA) is 72.5 Å². The quantitative estimate of drug-likeness (QED) is 0.805. The molecule has 0 saturated heterocycles. The number of aromatic nitrogens is 1. The van der Waals surface area contributed by atoms with Crippen LogP contribution in [-0.2, 0) is 0 Å². The molecule has 0 aliphatic rings. The summed E-state index contributed by atoms with van der Waals surface area (Å²) >= 11 is 0. The van der Waals surface area contributed by atoms with E-state index in [9.17, 15) is 4.79 Å². The highest BCUT2D eigenvalue weighted by Gasteiger charge is 2.02. The molecule has 1 aromatic carbocycles. The lowest BCUT2D eigenvalue weighted by Gasteiger charge is -2.10. The molecule has 2 aromatic rings. The van der Waals surface area contributed by atoms with Gasteiger partial charge in [0.25, 0.3) is 0 Å². The van der Waals surface area contributed by atoms with Gasteiger partial charge in [0.05, 0.1) is 6.61 Å². The molecule has 2 rings (SSSR count). The van der Waals surface area contributed by atoms with Crippen LogP contribution >= 0.6 is 0 Å². The number of hydrogen-bond acceptors (Lipinski definition) is 4. The van der Waals surface area contributed by atoms with Crippen molar-refractivity contribution < 1.29 is 14.3 Å². The van der Waals surface area contributed by atoms with Crippen LogP contribution in [0.3, 0.4) is 0 Å². The molecule has 116 valence electrons. The summed E-state index contributed by atoms with van der Waals surface area (Å²) in [7, 11) is 0. The number of benzene rings is 1. The highest BCUT2D eigenvalue weighted by molar-refractivity contribution is 5.88. The summed E-state index contributed by atoms with van der Waals surface area (Å²) in [4.78, 5) is 15.7. The maximum Gasteiger partial charge on any atom is 0.323 e. The molecule has 0 aliphatic carbocycles. The number of rotatable bonds is 6. The first kappa shape index (κ1) is 15.6. The van der Waals surface area contributed by atoms with Crippen molar-refractivity contribution in [2.24, 2.45) is 0 Å². The Hall–Kier alpha value is -2.76. The summed E-state index contributed by atoms with van der Waals surface area (Å²) in [6.45, 7) is 4.54. The average Bonchev–Trinajstić information content (AvgIpc) is 2.49. The van der Waals surface area contributed by atoms with E-state index in [1.54, 1.807) is 24.4 Å². The van der Waals surface area contributed by atoms with Gasteiger partial charge in [-0.2, -0.15) is 0 Å². The third kappa shape index (κ3) is 4.97. The molecule has 0 radical (unpaired) electrons. The van der Waals surface area contributed by atoms with Crippen molar-refractivity contribution in [3.05, 3.63) is 48.2 Å². The molecule has 0 aliphatic heterocycles. The molecule has 0 saturated carbocycles. The number of carbonyl (C=O) groups excluding carboxylic acids is 1. The van der Waals surface area contributed by atoms with E-state index in [1.165, 1.54) is 0 Å². The van der Waals surface area contributed by atoms with Gasteiger partial charge in [-0.3, -0.25) is 5.32 Å². The fraction of sp³-hybridized carbons (Fsp3) is 0.250. The minimum Gasteiger partial charge on any atom is -0.494 e. The molecular formula is C16H19N3O3. The highest BCUT2D eigenvalue weighted by Crippen LogP contribution is 2.17. The number of pyridine rings is 1. The van der Waals surface area contributed by atoms with E-state index in [0.29, 0.717) is 18.2 Å². The highest BCUT2D eigenvalue weighted by atomic mass is 16.5. The second-order valence-electron chi connectivity index (χ2n) is 4.54. The molecular weight excluding hydrogens is 282 g/mol. The predicted octanol–water partition coefficient (Wildman–Crippen LogP) is 2.95. The maximum absolute atomic E-state index is 11.7. The molecule has 22 heavy (non-hydrogen) atoms. The Balaban J connectivity index is 1.74. The second kappa shape index (κ2) is 7.87. The maximum atomic E-state index is 11.7. The van der Waals surface area contributed by atoms with Gasteiger partial charge in [0.1, 0.15) is 17.3 Å². The van der Waals surface area contributed by atoms with Crippen LogP contribution in [0.25, 0.3) is 0 Å². The number of urea groups is 1. The minimum atomic E-state index is -0.371. The van der Waals surface area contributed by atoms with Crippen molar-refractivity contribution in [2.75, 3.05) is 18.7 Å². The largest absolute Gasteiger partial charge is 0.494 e. The van der Waals surface area contributed by atoms with Crippen LogP contribution in [0, 0.1) is 6.92 Å². The molecule has 0 bridgehead atoms. The van der Waals surface area contributed by atoms with Crippen LogP contribution < -0.4 is 20.1 Å². The Morgan fingerprint density at radius 3 is 2.45 bits per heavy atom. The molecule has 0 unspecified atom stereocenters. The zero-order chi connectivity index (χ0) is 15.8.